The average Bonchev–Trinajstić information content (AvgIpc) is 2.66. The molecule has 0 amide bonds. The predicted octanol–water partition coefficient (Wildman–Crippen LogP) is 5.42. The molecule has 0 saturated carbocycles. The summed E-state index contributed by atoms with van der Waals surface area (Å²) in [6.45, 7) is 3.23. The van der Waals surface area contributed by atoms with Crippen LogP contribution >= 0.6 is 0 Å². The zero-order chi connectivity index (χ0) is 17.0. The van der Waals surface area contributed by atoms with E-state index in [2.05, 4.69) is 84.4 Å². The molecule has 124 valence electrons. The van der Waals surface area contributed by atoms with Crippen molar-refractivity contribution >= 4 is 22.7 Å². The van der Waals surface area contributed by atoms with Crippen molar-refractivity contribution in [2.75, 3.05) is 23.4 Å². The van der Waals surface area contributed by atoms with Crippen LogP contribution < -0.4 is 9.80 Å². The van der Waals surface area contributed by atoms with E-state index < -0.39 is 0 Å². The monoisotopic (exact) mass is 326 g/mol. The third-order valence-electron chi connectivity index (χ3n) is 5.67. The van der Waals surface area contributed by atoms with E-state index in [1.54, 1.807) is 0 Å². The van der Waals surface area contributed by atoms with Gasteiger partial charge in [-0.2, -0.15) is 0 Å². The van der Waals surface area contributed by atoms with Crippen LogP contribution in [-0.2, 0) is 12.8 Å². The van der Waals surface area contributed by atoms with Gasteiger partial charge in [0, 0.05) is 49.1 Å². The summed E-state index contributed by atoms with van der Waals surface area (Å²) in [6.07, 6.45) is 2.04. The van der Waals surface area contributed by atoms with Crippen LogP contribution in [0, 0.1) is 0 Å². The molecule has 3 aromatic rings. The SMILES string of the molecule is CCN1c2ccccc2Cc2c1ccc1c2N(C)c2ccccc2C1. The highest BCUT2D eigenvalue weighted by atomic mass is 15.2. The van der Waals surface area contributed by atoms with Gasteiger partial charge in [0.1, 0.15) is 0 Å². The topological polar surface area (TPSA) is 6.48 Å². The first-order chi connectivity index (χ1) is 12.3. The van der Waals surface area contributed by atoms with Crippen molar-refractivity contribution in [3.63, 3.8) is 0 Å². The molecule has 2 heteroatoms. The second-order valence-corrected chi connectivity index (χ2v) is 6.99. The first kappa shape index (κ1) is 14.6. The Morgan fingerprint density at radius 2 is 1.40 bits per heavy atom. The maximum atomic E-state index is 2.46. The lowest BCUT2D eigenvalue weighted by Crippen LogP contribution is -2.27. The van der Waals surface area contributed by atoms with Gasteiger partial charge in [-0.25, -0.2) is 0 Å². The number of fused-ring (bicyclic) bond motifs is 5. The molecule has 0 aromatic heterocycles. The summed E-state index contributed by atoms with van der Waals surface area (Å²) in [7, 11) is 2.22. The first-order valence-electron chi connectivity index (χ1n) is 9.09. The van der Waals surface area contributed by atoms with Crippen LogP contribution in [0.1, 0.15) is 29.2 Å². The highest BCUT2D eigenvalue weighted by Crippen LogP contribution is 2.47. The average molecular weight is 326 g/mol. The Bertz CT molecular complexity index is 974. The summed E-state index contributed by atoms with van der Waals surface area (Å²) < 4.78 is 0. The highest BCUT2D eigenvalue weighted by Gasteiger charge is 2.29. The molecule has 2 aliphatic rings. The van der Waals surface area contributed by atoms with Crippen LogP contribution in [0.5, 0.6) is 0 Å². The van der Waals surface area contributed by atoms with Crippen molar-refractivity contribution in [2.45, 2.75) is 19.8 Å². The van der Waals surface area contributed by atoms with E-state index in [1.807, 2.05) is 0 Å². The molecule has 0 fully saturated rings. The molecule has 25 heavy (non-hydrogen) atoms. The molecule has 0 radical (unpaired) electrons. The maximum Gasteiger partial charge on any atom is 0.0501 e. The van der Waals surface area contributed by atoms with E-state index in [9.17, 15) is 0 Å². The quantitative estimate of drug-likeness (QED) is 0.589. The molecular formula is C23H22N2. The third-order valence-corrected chi connectivity index (χ3v) is 5.67. The zero-order valence-corrected chi connectivity index (χ0v) is 14.8. The molecule has 2 aliphatic heterocycles. The molecule has 0 N–H and O–H groups in total. The largest absolute Gasteiger partial charge is 0.344 e. The minimum atomic E-state index is 0.989. The number of nitrogens with zero attached hydrogens (tertiary/aromatic N) is 2. The van der Waals surface area contributed by atoms with E-state index >= 15 is 0 Å². The number of hydrogen-bond acceptors (Lipinski definition) is 2. The smallest absolute Gasteiger partial charge is 0.0501 e. The Morgan fingerprint density at radius 1 is 0.720 bits per heavy atom. The Balaban J connectivity index is 1.72. The Kier molecular flexibility index (Phi) is 3.14. The fraction of sp³-hybridized carbons (Fsp3) is 0.217. The molecule has 5 rings (SSSR count). The summed E-state index contributed by atoms with van der Waals surface area (Å²) in [4.78, 5) is 4.86. The summed E-state index contributed by atoms with van der Waals surface area (Å²) in [5.41, 5.74) is 11.2. The van der Waals surface area contributed by atoms with E-state index in [1.165, 1.54) is 45.0 Å². The van der Waals surface area contributed by atoms with Gasteiger partial charge in [0.05, 0.1) is 5.69 Å². The molecule has 2 nitrogen and oxygen atoms in total. The highest BCUT2D eigenvalue weighted by molar-refractivity contribution is 5.85. The number of benzene rings is 3. The predicted molar refractivity (Wildman–Crippen MR) is 106 cm³/mol. The van der Waals surface area contributed by atoms with Gasteiger partial charge in [-0.3, -0.25) is 0 Å². The van der Waals surface area contributed by atoms with Gasteiger partial charge < -0.3 is 9.80 Å². The van der Waals surface area contributed by atoms with Crippen molar-refractivity contribution in [1.82, 2.24) is 0 Å². The van der Waals surface area contributed by atoms with Crippen molar-refractivity contribution in [3.8, 4) is 0 Å². The molecule has 3 aromatic carbocycles. The number of rotatable bonds is 1. The molecule has 0 bridgehead atoms. The maximum absolute atomic E-state index is 2.46. The Morgan fingerprint density at radius 3 is 2.16 bits per heavy atom. The van der Waals surface area contributed by atoms with Gasteiger partial charge >= 0.3 is 0 Å². The van der Waals surface area contributed by atoms with Crippen LogP contribution in [0.3, 0.4) is 0 Å². The molecule has 0 saturated heterocycles. The van der Waals surface area contributed by atoms with Crippen LogP contribution in [-0.4, -0.2) is 13.6 Å². The summed E-state index contributed by atoms with van der Waals surface area (Å²) in [5.74, 6) is 0. The normalized spacial score (nSPS) is 14.5. The van der Waals surface area contributed by atoms with Crippen molar-refractivity contribution in [1.29, 1.82) is 0 Å². The summed E-state index contributed by atoms with van der Waals surface area (Å²) in [5, 5.41) is 0. The molecule has 0 unspecified atom stereocenters. The Hall–Kier alpha value is -2.74. The standard InChI is InChI=1S/C23H22N2/c1-3-25-21-11-7-5-9-17(21)15-19-22(25)13-12-18-14-16-8-4-6-10-20(16)24(2)23(18)19/h4-13H,3,14-15H2,1-2H3. The van der Waals surface area contributed by atoms with Gasteiger partial charge in [0.2, 0.25) is 0 Å². The number of para-hydroxylation sites is 2. The molecular weight excluding hydrogens is 304 g/mol. The molecule has 0 spiro atoms. The summed E-state index contributed by atoms with van der Waals surface area (Å²) in [6, 6.07) is 22.3. The first-order valence-corrected chi connectivity index (χ1v) is 9.09. The van der Waals surface area contributed by atoms with E-state index in [0.29, 0.717) is 0 Å². The van der Waals surface area contributed by atoms with Gasteiger partial charge in [0.15, 0.2) is 0 Å². The number of anilines is 4. The molecule has 0 atom stereocenters. The van der Waals surface area contributed by atoms with E-state index in [4.69, 9.17) is 0 Å². The van der Waals surface area contributed by atoms with Gasteiger partial charge in [0.25, 0.3) is 0 Å². The van der Waals surface area contributed by atoms with Gasteiger partial charge in [-0.05, 0) is 41.8 Å². The minimum absolute atomic E-state index is 0.989. The van der Waals surface area contributed by atoms with Crippen LogP contribution in [0.15, 0.2) is 60.7 Å². The zero-order valence-electron chi connectivity index (χ0n) is 14.8. The van der Waals surface area contributed by atoms with Crippen LogP contribution in [0.2, 0.25) is 0 Å². The summed E-state index contributed by atoms with van der Waals surface area (Å²) >= 11 is 0. The minimum Gasteiger partial charge on any atom is -0.344 e. The fourth-order valence-corrected chi connectivity index (χ4v) is 4.56. The lowest BCUT2D eigenvalue weighted by molar-refractivity contribution is 0.942. The van der Waals surface area contributed by atoms with Crippen molar-refractivity contribution in [3.05, 3.63) is 82.9 Å². The van der Waals surface area contributed by atoms with Crippen molar-refractivity contribution < 1.29 is 0 Å². The molecule has 2 heterocycles. The fourth-order valence-electron chi connectivity index (χ4n) is 4.56. The van der Waals surface area contributed by atoms with Gasteiger partial charge in [-0.1, -0.05) is 42.5 Å². The van der Waals surface area contributed by atoms with E-state index in [-0.39, 0.29) is 0 Å². The van der Waals surface area contributed by atoms with Gasteiger partial charge in [-0.15, -0.1) is 0 Å². The third kappa shape index (κ3) is 2.03. The second-order valence-electron chi connectivity index (χ2n) is 6.99. The van der Waals surface area contributed by atoms with Crippen molar-refractivity contribution in [2.24, 2.45) is 0 Å². The van der Waals surface area contributed by atoms with E-state index in [0.717, 1.165) is 19.4 Å². The second kappa shape index (κ2) is 5.38. The molecule has 0 aliphatic carbocycles. The van der Waals surface area contributed by atoms with Crippen LogP contribution in [0.25, 0.3) is 0 Å². The Labute approximate surface area is 149 Å². The lowest BCUT2D eigenvalue weighted by Gasteiger charge is -2.38. The lowest BCUT2D eigenvalue weighted by atomic mass is 9.87. The van der Waals surface area contributed by atoms with Crippen LogP contribution in [0.4, 0.5) is 22.7 Å². The number of hydrogen-bond donors (Lipinski definition) is 0.